The number of halogens is 1. The average molecular weight is 290 g/mol. The van der Waals surface area contributed by atoms with Crippen LogP contribution in [0, 0.1) is 0 Å². The average Bonchev–Trinajstić information content (AvgIpc) is 2.72. The van der Waals surface area contributed by atoms with Crippen LogP contribution in [0.3, 0.4) is 0 Å². The zero-order valence-electron chi connectivity index (χ0n) is 11.7. The summed E-state index contributed by atoms with van der Waals surface area (Å²) in [4.78, 5) is 0. The quantitative estimate of drug-likeness (QED) is 0.787. The van der Waals surface area contributed by atoms with Gasteiger partial charge in [0.25, 0.3) is 0 Å². The van der Waals surface area contributed by atoms with Gasteiger partial charge in [-0.05, 0) is 45.2 Å². The minimum Gasteiger partial charge on any atom is -0.309 e. The zero-order chi connectivity index (χ0) is 13.5. The van der Waals surface area contributed by atoms with E-state index >= 15 is 0 Å². The van der Waals surface area contributed by atoms with Gasteiger partial charge in [0.15, 0.2) is 0 Å². The van der Waals surface area contributed by atoms with Crippen LogP contribution in [0.4, 0.5) is 0 Å². The van der Waals surface area contributed by atoms with Crippen LogP contribution in [-0.4, -0.2) is 28.3 Å². The van der Waals surface area contributed by atoms with Crippen LogP contribution in [-0.2, 0) is 0 Å². The molecule has 104 valence electrons. The third kappa shape index (κ3) is 4.18. The highest BCUT2D eigenvalue weighted by atomic mass is 35.5. The second-order valence-electron chi connectivity index (χ2n) is 4.70. The molecule has 1 atom stereocenters. The predicted octanol–water partition coefficient (Wildman–Crippen LogP) is 3.91. The first-order valence-corrected chi connectivity index (χ1v) is 8.34. The fraction of sp³-hybridized carbons (Fsp3) is 0.769. The molecule has 0 bridgehead atoms. The predicted molar refractivity (Wildman–Crippen MR) is 81.7 cm³/mol. The van der Waals surface area contributed by atoms with Crippen LogP contribution in [0.25, 0.3) is 0 Å². The van der Waals surface area contributed by atoms with Crippen molar-refractivity contribution in [1.82, 2.24) is 15.1 Å². The van der Waals surface area contributed by atoms with Crippen molar-refractivity contribution in [2.24, 2.45) is 0 Å². The SMILES string of the molecule is CCCNC(CCSC)c1c(Cl)cnn1C(C)C. The van der Waals surface area contributed by atoms with Gasteiger partial charge < -0.3 is 5.32 Å². The van der Waals surface area contributed by atoms with E-state index in [9.17, 15) is 0 Å². The number of rotatable bonds is 8. The van der Waals surface area contributed by atoms with Crippen molar-refractivity contribution < 1.29 is 0 Å². The van der Waals surface area contributed by atoms with E-state index in [1.807, 2.05) is 16.4 Å². The van der Waals surface area contributed by atoms with E-state index in [-0.39, 0.29) is 0 Å². The first-order valence-electron chi connectivity index (χ1n) is 6.57. The van der Waals surface area contributed by atoms with E-state index in [1.165, 1.54) is 0 Å². The van der Waals surface area contributed by atoms with E-state index in [0.29, 0.717) is 12.1 Å². The number of hydrogen-bond acceptors (Lipinski definition) is 3. The van der Waals surface area contributed by atoms with Crippen molar-refractivity contribution in [3.8, 4) is 0 Å². The van der Waals surface area contributed by atoms with Crippen molar-refractivity contribution >= 4 is 23.4 Å². The lowest BCUT2D eigenvalue weighted by Gasteiger charge is -2.22. The summed E-state index contributed by atoms with van der Waals surface area (Å²) >= 11 is 8.18. The van der Waals surface area contributed by atoms with Gasteiger partial charge in [-0.2, -0.15) is 16.9 Å². The fourth-order valence-electron chi connectivity index (χ4n) is 1.98. The molecular formula is C13H24ClN3S. The molecule has 0 fully saturated rings. The molecule has 0 saturated carbocycles. The van der Waals surface area contributed by atoms with Crippen LogP contribution in [0.5, 0.6) is 0 Å². The molecule has 0 saturated heterocycles. The molecule has 1 N–H and O–H groups in total. The minimum absolute atomic E-state index is 0.301. The maximum absolute atomic E-state index is 6.31. The number of hydrogen-bond donors (Lipinski definition) is 1. The lowest BCUT2D eigenvalue weighted by atomic mass is 10.1. The third-order valence-corrected chi connectivity index (χ3v) is 3.79. The van der Waals surface area contributed by atoms with E-state index in [4.69, 9.17) is 11.6 Å². The number of aromatic nitrogens is 2. The van der Waals surface area contributed by atoms with Gasteiger partial charge in [-0.25, -0.2) is 0 Å². The van der Waals surface area contributed by atoms with E-state index in [2.05, 4.69) is 37.4 Å². The van der Waals surface area contributed by atoms with Crippen molar-refractivity contribution in [2.75, 3.05) is 18.6 Å². The van der Waals surface area contributed by atoms with Gasteiger partial charge in [-0.1, -0.05) is 18.5 Å². The van der Waals surface area contributed by atoms with Gasteiger partial charge >= 0.3 is 0 Å². The Morgan fingerprint density at radius 1 is 1.50 bits per heavy atom. The molecule has 5 heteroatoms. The third-order valence-electron chi connectivity index (χ3n) is 2.86. The molecule has 1 unspecified atom stereocenters. The van der Waals surface area contributed by atoms with Gasteiger partial charge in [0.1, 0.15) is 0 Å². The maximum atomic E-state index is 6.31. The van der Waals surface area contributed by atoms with Gasteiger partial charge in [-0.3, -0.25) is 4.68 Å². The summed E-state index contributed by atoms with van der Waals surface area (Å²) in [6.07, 6.45) is 6.11. The molecule has 0 aliphatic heterocycles. The highest BCUT2D eigenvalue weighted by molar-refractivity contribution is 7.98. The molecule has 1 aromatic rings. The molecule has 3 nitrogen and oxygen atoms in total. The molecule has 0 radical (unpaired) electrons. The van der Waals surface area contributed by atoms with Crippen LogP contribution in [0.15, 0.2) is 6.20 Å². The number of thioether (sulfide) groups is 1. The number of nitrogens with zero attached hydrogens (tertiary/aromatic N) is 2. The van der Waals surface area contributed by atoms with Gasteiger partial charge in [0.05, 0.1) is 23.0 Å². The van der Waals surface area contributed by atoms with E-state index in [0.717, 1.165) is 35.9 Å². The first kappa shape index (κ1) is 15.9. The highest BCUT2D eigenvalue weighted by Gasteiger charge is 2.20. The van der Waals surface area contributed by atoms with Gasteiger partial charge in [0.2, 0.25) is 0 Å². The van der Waals surface area contributed by atoms with E-state index in [1.54, 1.807) is 6.20 Å². The van der Waals surface area contributed by atoms with Gasteiger partial charge in [0, 0.05) is 6.04 Å². The van der Waals surface area contributed by atoms with Crippen LogP contribution < -0.4 is 5.32 Å². The summed E-state index contributed by atoms with van der Waals surface area (Å²) in [6, 6.07) is 0.641. The Morgan fingerprint density at radius 3 is 2.78 bits per heavy atom. The number of nitrogens with one attached hydrogen (secondary N) is 1. The first-order chi connectivity index (χ1) is 8.61. The summed E-state index contributed by atoms with van der Waals surface area (Å²) in [5.74, 6) is 1.13. The molecule has 18 heavy (non-hydrogen) atoms. The molecular weight excluding hydrogens is 266 g/mol. The lowest BCUT2D eigenvalue weighted by Crippen LogP contribution is -2.26. The second kappa shape index (κ2) is 8.08. The topological polar surface area (TPSA) is 29.9 Å². The molecule has 0 aliphatic carbocycles. The molecule has 1 aromatic heterocycles. The monoisotopic (exact) mass is 289 g/mol. The van der Waals surface area contributed by atoms with Crippen molar-refractivity contribution in [3.05, 3.63) is 16.9 Å². The molecule has 1 rings (SSSR count). The molecule has 1 heterocycles. The summed E-state index contributed by atoms with van der Waals surface area (Å²) in [5.41, 5.74) is 1.13. The highest BCUT2D eigenvalue weighted by Crippen LogP contribution is 2.28. The Bertz CT molecular complexity index is 344. The Kier molecular flexibility index (Phi) is 7.12. The van der Waals surface area contributed by atoms with E-state index < -0.39 is 0 Å². The Labute approximate surface area is 120 Å². The van der Waals surface area contributed by atoms with Crippen LogP contribution in [0.1, 0.15) is 51.4 Å². The van der Waals surface area contributed by atoms with Crippen molar-refractivity contribution in [3.63, 3.8) is 0 Å². The summed E-state index contributed by atoms with van der Waals surface area (Å²) in [5, 5.41) is 8.75. The lowest BCUT2D eigenvalue weighted by molar-refractivity contribution is 0.438. The van der Waals surface area contributed by atoms with Crippen LogP contribution >= 0.6 is 23.4 Å². The fourth-order valence-corrected chi connectivity index (χ4v) is 2.71. The molecule has 0 aliphatic rings. The van der Waals surface area contributed by atoms with Crippen LogP contribution in [0.2, 0.25) is 5.02 Å². The Morgan fingerprint density at radius 2 is 2.22 bits per heavy atom. The molecule has 0 spiro atoms. The van der Waals surface area contributed by atoms with Crippen molar-refractivity contribution in [2.45, 2.75) is 45.7 Å². The maximum Gasteiger partial charge on any atom is 0.0834 e. The summed E-state index contributed by atoms with van der Waals surface area (Å²) in [7, 11) is 0. The normalized spacial score (nSPS) is 13.2. The Hall–Kier alpha value is -0.190. The van der Waals surface area contributed by atoms with Crippen molar-refractivity contribution in [1.29, 1.82) is 0 Å². The largest absolute Gasteiger partial charge is 0.309 e. The summed E-state index contributed by atoms with van der Waals surface area (Å²) in [6.45, 7) is 7.47. The zero-order valence-corrected chi connectivity index (χ0v) is 13.3. The Balaban J connectivity index is 2.91. The molecule has 0 amide bonds. The summed E-state index contributed by atoms with van der Waals surface area (Å²) < 4.78 is 2.04. The second-order valence-corrected chi connectivity index (χ2v) is 6.10. The standard InChI is InChI=1S/C13H24ClN3S/c1-5-7-15-12(6-8-18-4)13-11(14)9-16-17(13)10(2)3/h9-10,12,15H,5-8H2,1-4H3. The smallest absolute Gasteiger partial charge is 0.0834 e. The molecule has 0 aromatic carbocycles. The van der Waals surface area contributed by atoms with Gasteiger partial charge in [-0.15, -0.1) is 0 Å². The minimum atomic E-state index is 0.301.